The quantitative estimate of drug-likeness (QED) is 0.612. The lowest BCUT2D eigenvalue weighted by atomic mass is 10.0. The molecule has 0 amide bonds. The molecular formula is C19H22N2O4. The second kappa shape index (κ2) is 7.53. The zero-order valence-electron chi connectivity index (χ0n) is 14.5. The summed E-state index contributed by atoms with van der Waals surface area (Å²) in [6, 6.07) is 12.3. The number of hydrogen-bond donors (Lipinski definition) is 0. The number of nitro benzene ring substituents is 1. The molecule has 2 aromatic carbocycles. The molecule has 0 radical (unpaired) electrons. The highest BCUT2D eigenvalue weighted by atomic mass is 16.6. The van der Waals surface area contributed by atoms with Gasteiger partial charge >= 0.3 is 0 Å². The number of non-ortho nitro benzene ring substituents is 1. The van der Waals surface area contributed by atoms with Gasteiger partial charge in [-0.2, -0.15) is 0 Å². The van der Waals surface area contributed by atoms with Crippen molar-refractivity contribution in [3.05, 3.63) is 52.6 Å². The number of rotatable bonds is 5. The van der Waals surface area contributed by atoms with E-state index < -0.39 is 4.92 Å². The molecule has 1 aliphatic heterocycles. The number of likely N-dealkylation sites (tertiary alicyclic amines) is 1. The lowest BCUT2D eigenvalue weighted by Gasteiger charge is -2.29. The number of nitro groups is 1. The Kier molecular flexibility index (Phi) is 5.19. The highest BCUT2D eigenvalue weighted by Crippen LogP contribution is 2.34. The molecule has 0 aliphatic carbocycles. The fourth-order valence-electron chi connectivity index (χ4n) is 3.00. The van der Waals surface area contributed by atoms with E-state index in [1.165, 1.54) is 12.1 Å². The molecule has 132 valence electrons. The first-order valence-corrected chi connectivity index (χ1v) is 8.35. The Labute approximate surface area is 147 Å². The lowest BCUT2D eigenvalue weighted by Crippen LogP contribution is -2.35. The van der Waals surface area contributed by atoms with E-state index in [-0.39, 0.29) is 11.8 Å². The van der Waals surface area contributed by atoms with E-state index >= 15 is 0 Å². The van der Waals surface area contributed by atoms with Crippen LogP contribution in [-0.2, 0) is 0 Å². The van der Waals surface area contributed by atoms with E-state index in [4.69, 9.17) is 9.47 Å². The van der Waals surface area contributed by atoms with Gasteiger partial charge in [-0.25, -0.2) is 0 Å². The standard InChI is InChI=1S/C19H22N2O4/c1-20-11-9-17(10-12-20)25-18-8-5-15(13-19(18)24-2)14-3-6-16(7-4-14)21(22)23/h3-8,13,17H,9-12H2,1-2H3. The predicted molar refractivity (Wildman–Crippen MR) is 96.2 cm³/mol. The van der Waals surface area contributed by atoms with Crippen molar-refractivity contribution in [3.63, 3.8) is 0 Å². The summed E-state index contributed by atoms with van der Waals surface area (Å²) >= 11 is 0. The number of benzene rings is 2. The Balaban J connectivity index is 1.78. The van der Waals surface area contributed by atoms with Crippen LogP contribution in [0.25, 0.3) is 11.1 Å². The van der Waals surface area contributed by atoms with E-state index in [2.05, 4.69) is 11.9 Å². The van der Waals surface area contributed by atoms with Gasteiger partial charge in [0.05, 0.1) is 12.0 Å². The van der Waals surface area contributed by atoms with Crippen molar-refractivity contribution in [3.8, 4) is 22.6 Å². The van der Waals surface area contributed by atoms with Gasteiger partial charge in [-0.3, -0.25) is 10.1 Å². The summed E-state index contributed by atoms with van der Waals surface area (Å²) in [5.41, 5.74) is 1.91. The molecule has 0 unspecified atom stereocenters. The molecule has 0 N–H and O–H groups in total. The molecule has 3 rings (SSSR count). The smallest absolute Gasteiger partial charge is 0.269 e. The molecule has 25 heavy (non-hydrogen) atoms. The molecule has 2 aromatic rings. The van der Waals surface area contributed by atoms with Crippen LogP contribution < -0.4 is 9.47 Å². The SMILES string of the molecule is COc1cc(-c2ccc([N+](=O)[O-])cc2)ccc1OC1CCN(C)CC1. The van der Waals surface area contributed by atoms with Crippen LogP contribution in [0.2, 0.25) is 0 Å². The lowest BCUT2D eigenvalue weighted by molar-refractivity contribution is -0.384. The summed E-state index contributed by atoms with van der Waals surface area (Å²) in [4.78, 5) is 12.7. The fourth-order valence-corrected chi connectivity index (χ4v) is 3.00. The minimum atomic E-state index is -0.400. The molecule has 6 nitrogen and oxygen atoms in total. The van der Waals surface area contributed by atoms with Gasteiger partial charge in [-0.15, -0.1) is 0 Å². The van der Waals surface area contributed by atoms with Crippen molar-refractivity contribution in [2.24, 2.45) is 0 Å². The van der Waals surface area contributed by atoms with Crippen LogP contribution in [-0.4, -0.2) is 43.2 Å². The first-order valence-electron chi connectivity index (χ1n) is 8.35. The van der Waals surface area contributed by atoms with Crippen LogP contribution in [0.15, 0.2) is 42.5 Å². The Morgan fingerprint density at radius 2 is 1.68 bits per heavy atom. The zero-order chi connectivity index (χ0) is 17.8. The van der Waals surface area contributed by atoms with Gasteiger partial charge in [0.2, 0.25) is 0 Å². The second-order valence-corrected chi connectivity index (χ2v) is 6.29. The molecule has 6 heteroatoms. The van der Waals surface area contributed by atoms with E-state index in [0.29, 0.717) is 5.75 Å². The zero-order valence-corrected chi connectivity index (χ0v) is 14.5. The highest BCUT2D eigenvalue weighted by molar-refractivity contribution is 5.68. The first-order chi connectivity index (χ1) is 12.1. The van der Waals surface area contributed by atoms with Crippen LogP contribution in [0.3, 0.4) is 0 Å². The van der Waals surface area contributed by atoms with Crippen LogP contribution >= 0.6 is 0 Å². The third-order valence-corrected chi connectivity index (χ3v) is 4.53. The van der Waals surface area contributed by atoms with Crippen LogP contribution in [0, 0.1) is 10.1 Å². The van der Waals surface area contributed by atoms with E-state index in [9.17, 15) is 10.1 Å². The summed E-state index contributed by atoms with van der Waals surface area (Å²) < 4.78 is 11.6. The van der Waals surface area contributed by atoms with Crippen molar-refractivity contribution in [2.75, 3.05) is 27.2 Å². The van der Waals surface area contributed by atoms with Crippen molar-refractivity contribution >= 4 is 5.69 Å². The Bertz CT molecular complexity index is 738. The summed E-state index contributed by atoms with van der Waals surface area (Å²) in [7, 11) is 3.74. The Morgan fingerprint density at radius 1 is 1.04 bits per heavy atom. The number of hydrogen-bond acceptors (Lipinski definition) is 5. The van der Waals surface area contributed by atoms with Gasteiger partial charge < -0.3 is 14.4 Å². The Hall–Kier alpha value is -2.60. The summed E-state index contributed by atoms with van der Waals surface area (Å²) in [6.07, 6.45) is 2.21. The van der Waals surface area contributed by atoms with Crippen molar-refractivity contribution in [1.82, 2.24) is 4.90 Å². The topological polar surface area (TPSA) is 64.8 Å². The maximum absolute atomic E-state index is 10.8. The minimum absolute atomic E-state index is 0.0814. The van der Waals surface area contributed by atoms with Crippen molar-refractivity contribution < 1.29 is 14.4 Å². The maximum atomic E-state index is 10.8. The number of ether oxygens (including phenoxy) is 2. The van der Waals surface area contributed by atoms with Gasteiger partial charge in [0, 0.05) is 25.2 Å². The fraction of sp³-hybridized carbons (Fsp3) is 0.368. The predicted octanol–water partition coefficient (Wildman–Crippen LogP) is 3.74. The normalized spacial score (nSPS) is 15.8. The number of methoxy groups -OCH3 is 1. The molecule has 1 aliphatic rings. The molecule has 1 saturated heterocycles. The van der Waals surface area contributed by atoms with E-state index in [1.54, 1.807) is 19.2 Å². The number of piperidine rings is 1. The average Bonchev–Trinajstić information content (AvgIpc) is 2.64. The van der Waals surface area contributed by atoms with E-state index in [1.807, 2.05) is 18.2 Å². The monoisotopic (exact) mass is 342 g/mol. The third-order valence-electron chi connectivity index (χ3n) is 4.53. The molecule has 0 saturated carbocycles. The summed E-state index contributed by atoms with van der Waals surface area (Å²) in [5, 5.41) is 10.8. The van der Waals surface area contributed by atoms with Crippen molar-refractivity contribution in [2.45, 2.75) is 18.9 Å². The largest absolute Gasteiger partial charge is 0.493 e. The summed E-state index contributed by atoms with van der Waals surface area (Å²) in [6.45, 7) is 2.07. The molecule has 0 bridgehead atoms. The van der Waals surface area contributed by atoms with Crippen LogP contribution in [0.4, 0.5) is 5.69 Å². The van der Waals surface area contributed by atoms with Gasteiger partial charge in [0.25, 0.3) is 5.69 Å². The van der Waals surface area contributed by atoms with Gasteiger partial charge in [0.1, 0.15) is 6.10 Å². The first kappa shape index (κ1) is 17.2. The molecule has 0 spiro atoms. The van der Waals surface area contributed by atoms with Gasteiger partial charge in [0.15, 0.2) is 11.5 Å². The summed E-state index contributed by atoms with van der Waals surface area (Å²) in [5.74, 6) is 1.41. The van der Waals surface area contributed by atoms with Crippen molar-refractivity contribution in [1.29, 1.82) is 0 Å². The average molecular weight is 342 g/mol. The molecule has 0 atom stereocenters. The minimum Gasteiger partial charge on any atom is -0.493 e. The van der Waals surface area contributed by atoms with Crippen LogP contribution in [0.5, 0.6) is 11.5 Å². The molecule has 1 fully saturated rings. The molecule has 1 heterocycles. The van der Waals surface area contributed by atoms with Gasteiger partial charge in [-0.1, -0.05) is 6.07 Å². The van der Waals surface area contributed by atoms with Crippen LogP contribution in [0.1, 0.15) is 12.8 Å². The maximum Gasteiger partial charge on any atom is 0.269 e. The van der Waals surface area contributed by atoms with Gasteiger partial charge in [-0.05, 0) is 55.3 Å². The molecular weight excluding hydrogens is 320 g/mol. The Morgan fingerprint density at radius 3 is 2.28 bits per heavy atom. The number of nitrogens with zero attached hydrogens (tertiary/aromatic N) is 2. The van der Waals surface area contributed by atoms with E-state index in [0.717, 1.165) is 42.8 Å². The highest BCUT2D eigenvalue weighted by Gasteiger charge is 2.19. The third kappa shape index (κ3) is 4.09. The molecule has 0 aromatic heterocycles. The second-order valence-electron chi connectivity index (χ2n) is 6.29.